The fourth-order valence-corrected chi connectivity index (χ4v) is 3.17. The molecule has 0 amide bonds. The van der Waals surface area contributed by atoms with Crippen molar-refractivity contribution in [1.29, 1.82) is 0 Å². The van der Waals surface area contributed by atoms with E-state index in [2.05, 4.69) is 15.0 Å². The van der Waals surface area contributed by atoms with E-state index in [1.165, 1.54) is 0 Å². The summed E-state index contributed by atoms with van der Waals surface area (Å²) >= 11 is 7.98. The van der Waals surface area contributed by atoms with E-state index in [1.54, 1.807) is 49.5 Å². The van der Waals surface area contributed by atoms with Gasteiger partial charge in [0.1, 0.15) is 5.75 Å². The maximum absolute atomic E-state index is 6.30. The molecule has 3 aromatic rings. The van der Waals surface area contributed by atoms with Gasteiger partial charge in [-0.1, -0.05) is 11.6 Å². The third-order valence-electron chi connectivity index (χ3n) is 3.40. The maximum Gasteiger partial charge on any atom is 0.122 e. The summed E-state index contributed by atoms with van der Waals surface area (Å²) in [6.45, 7) is 0.628. The Morgan fingerprint density at radius 2 is 1.68 bits per heavy atom. The molecule has 3 aromatic heterocycles. The molecule has 0 saturated carbocycles. The Labute approximate surface area is 155 Å². The van der Waals surface area contributed by atoms with E-state index < -0.39 is 0 Å². The Morgan fingerprint density at radius 1 is 1.00 bits per heavy atom. The number of thioether (sulfide) groups is 1. The number of ether oxygens (including phenoxy) is 1. The van der Waals surface area contributed by atoms with Crippen LogP contribution in [0.2, 0.25) is 5.02 Å². The van der Waals surface area contributed by atoms with Crippen LogP contribution in [0.25, 0.3) is 22.8 Å². The molecule has 7 heteroatoms. The molecular formula is C18H17ClN4OS. The topological polar surface area (TPSA) is 73.9 Å². The molecule has 3 rings (SSSR count). The lowest BCUT2D eigenvalue weighted by Gasteiger charge is -2.08. The van der Waals surface area contributed by atoms with Gasteiger partial charge in [0, 0.05) is 40.7 Å². The fraction of sp³-hybridized carbons (Fsp3) is 0.167. The SMILES string of the molecule is COc1ccnc(-c2cc(Cl)cc(-c3cc(SCCN)ccn3)n2)c1. The van der Waals surface area contributed by atoms with Crippen LogP contribution >= 0.6 is 23.4 Å². The van der Waals surface area contributed by atoms with Crippen LogP contribution in [0.1, 0.15) is 0 Å². The zero-order chi connectivity index (χ0) is 17.6. The second-order valence-corrected chi connectivity index (χ2v) is 6.76. The Kier molecular flexibility index (Phi) is 5.86. The van der Waals surface area contributed by atoms with E-state index in [0.717, 1.165) is 16.3 Å². The zero-order valence-corrected chi connectivity index (χ0v) is 15.2. The number of rotatable bonds is 6. The number of nitrogens with zero attached hydrogens (tertiary/aromatic N) is 3. The largest absolute Gasteiger partial charge is 0.497 e. The van der Waals surface area contributed by atoms with Gasteiger partial charge in [-0.05, 0) is 30.3 Å². The molecule has 0 fully saturated rings. The lowest BCUT2D eigenvalue weighted by Crippen LogP contribution is -2.01. The molecule has 0 saturated heterocycles. The van der Waals surface area contributed by atoms with Gasteiger partial charge < -0.3 is 10.5 Å². The first-order valence-corrected chi connectivity index (χ1v) is 9.03. The van der Waals surface area contributed by atoms with Crippen LogP contribution in [0.3, 0.4) is 0 Å². The van der Waals surface area contributed by atoms with Crippen molar-refractivity contribution in [3.05, 3.63) is 53.8 Å². The summed E-state index contributed by atoms with van der Waals surface area (Å²) in [6.07, 6.45) is 3.44. The van der Waals surface area contributed by atoms with Gasteiger partial charge >= 0.3 is 0 Å². The smallest absolute Gasteiger partial charge is 0.122 e. The maximum atomic E-state index is 6.30. The van der Waals surface area contributed by atoms with Gasteiger partial charge in [0.2, 0.25) is 0 Å². The number of pyridine rings is 3. The predicted octanol–water partition coefficient (Wildman–Crippen LogP) is 3.92. The van der Waals surface area contributed by atoms with Crippen LogP contribution in [0.5, 0.6) is 5.75 Å². The number of hydrogen-bond donors (Lipinski definition) is 1. The molecule has 0 aliphatic rings. The summed E-state index contributed by atoms with van der Waals surface area (Å²) in [5.41, 5.74) is 8.39. The molecule has 128 valence electrons. The number of aromatic nitrogens is 3. The molecule has 0 bridgehead atoms. The van der Waals surface area contributed by atoms with Crippen molar-refractivity contribution in [3.8, 4) is 28.5 Å². The summed E-state index contributed by atoms with van der Waals surface area (Å²) in [5, 5.41) is 0.575. The van der Waals surface area contributed by atoms with Crippen molar-refractivity contribution in [2.75, 3.05) is 19.4 Å². The summed E-state index contributed by atoms with van der Waals surface area (Å²) < 4.78 is 5.25. The van der Waals surface area contributed by atoms with Crippen molar-refractivity contribution in [2.24, 2.45) is 5.73 Å². The van der Waals surface area contributed by atoms with Crippen molar-refractivity contribution < 1.29 is 4.74 Å². The van der Waals surface area contributed by atoms with Gasteiger partial charge in [0.25, 0.3) is 0 Å². The molecule has 25 heavy (non-hydrogen) atoms. The molecule has 0 aliphatic carbocycles. The molecule has 2 N–H and O–H groups in total. The lowest BCUT2D eigenvalue weighted by molar-refractivity contribution is 0.414. The fourth-order valence-electron chi connectivity index (χ4n) is 2.26. The minimum absolute atomic E-state index is 0.575. The van der Waals surface area contributed by atoms with Gasteiger partial charge in [0.15, 0.2) is 0 Å². The highest BCUT2D eigenvalue weighted by atomic mass is 35.5. The van der Waals surface area contributed by atoms with Crippen LogP contribution in [-0.2, 0) is 0 Å². The van der Waals surface area contributed by atoms with Crippen LogP contribution in [-0.4, -0.2) is 34.4 Å². The Hall–Kier alpha value is -2.15. The third kappa shape index (κ3) is 4.48. The summed E-state index contributed by atoms with van der Waals surface area (Å²) in [5.74, 6) is 1.57. The van der Waals surface area contributed by atoms with Gasteiger partial charge in [-0.2, -0.15) is 0 Å². The van der Waals surface area contributed by atoms with E-state index in [-0.39, 0.29) is 0 Å². The number of methoxy groups -OCH3 is 1. The van der Waals surface area contributed by atoms with Gasteiger partial charge in [0.05, 0.1) is 29.9 Å². The number of hydrogen-bond acceptors (Lipinski definition) is 6. The third-order valence-corrected chi connectivity index (χ3v) is 4.65. The monoisotopic (exact) mass is 372 g/mol. The number of nitrogens with two attached hydrogens (primary N) is 1. The molecule has 0 radical (unpaired) electrons. The molecule has 0 unspecified atom stereocenters. The van der Waals surface area contributed by atoms with Gasteiger partial charge in [-0.25, -0.2) is 4.98 Å². The lowest BCUT2D eigenvalue weighted by atomic mass is 10.2. The summed E-state index contributed by atoms with van der Waals surface area (Å²) in [6, 6.07) is 11.1. The molecule has 0 spiro atoms. The summed E-state index contributed by atoms with van der Waals surface area (Å²) in [4.78, 5) is 14.5. The molecule has 0 aromatic carbocycles. The molecule has 0 atom stereocenters. The van der Waals surface area contributed by atoms with E-state index >= 15 is 0 Å². The van der Waals surface area contributed by atoms with Crippen molar-refractivity contribution in [1.82, 2.24) is 15.0 Å². The number of halogens is 1. The van der Waals surface area contributed by atoms with Gasteiger partial charge in [-0.15, -0.1) is 11.8 Å². The zero-order valence-electron chi connectivity index (χ0n) is 13.6. The minimum Gasteiger partial charge on any atom is -0.497 e. The van der Waals surface area contributed by atoms with Crippen LogP contribution in [0, 0.1) is 0 Å². The van der Waals surface area contributed by atoms with Crippen molar-refractivity contribution >= 4 is 23.4 Å². The van der Waals surface area contributed by atoms with Crippen molar-refractivity contribution in [3.63, 3.8) is 0 Å². The van der Waals surface area contributed by atoms with E-state index in [1.807, 2.05) is 18.2 Å². The highest BCUT2D eigenvalue weighted by Crippen LogP contribution is 2.28. The average Bonchev–Trinajstić information content (AvgIpc) is 2.66. The normalized spacial score (nSPS) is 10.7. The Balaban J connectivity index is 1.99. The Morgan fingerprint density at radius 3 is 2.36 bits per heavy atom. The highest BCUT2D eigenvalue weighted by Gasteiger charge is 2.10. The molecule has 3 heterocycles. The predicted molar refractivity (Wildman–Crippen MR) is 102 cm³/mol. The van der Waals surface area contributed by atoms with Crippen molar-refractivity contribution in [2.45, 2.75) is 4.90 Å². The molecular weight excluding hydrogens is 356 g/mol. The van der Waals surface area contributed by atoms with Gasteiger partial charge in [-0.3, -0.25) is 9.97 Å². The first-order valence-electron chi connectivity index (χ1n) is 7.67. The quantitative estimate of drug-likeness (QED) is 0.661. The molecule has 0 aliphatic heterocycles. The second kappa shape index (κ2) is 8.29. The van der Waals surface area contributed by atoms with E-state index in [0.29, 0.717) is 34.4 Å². The Bertz CT molecular complexity index is 875. The van der Waals surface area contributed by atoms with Crippen LogP contribution in [0.15, 0.2) is 53.7 Å². The van der Waals surface area contributed by atoms with Crippen LogP contribution in [0.4, 0.5) is 0 Å². The second-order valence-electron chi connectivity index (χ2n) is 5.15. The minimum atomic E-state index is 0.575. The summed E-state index contributed by atoms with van der Waals surface area (Å²) in [7, 11) is 1.62. The first-order chi connectivity index (χ1) is 12.2. The van der Waals surface area contributed by atoms with E-state index in [4.69, 9.17) is 22.1 Å². The highest BCUT2D eigenvalue weighted by molar-refractivity contribution is 7.99. The van der Waals surface area contributed by atoms with E-state index in [9.17, 15) is 0 Å². The van der Waals surface area contributed by atoms with Crippen LogP contribution < -0.4 is 10.5 Å². The average molecular weight is 373 g/mol. The molecule has 5 nitrogen and oxygen atoms in total. The first kappa shape index (κ1) is 17.7. The standard InChI is InChI=1S/C18H17ClN4OS/c1-24-13-2-5-21-15(10-13)17-8-12(19)9-18(23-17)16-11-14(3-6-22-16)25-7-4-20/h2-3,5-6,8-11H,4,7,20H2,1H3.